The van der Waals surface area contributed by atoms with E-state index in [0.717, 1.165) is 0 Å². The largest absolute Gasteiger partial charge is 0.396 e. The van der Waals surface area contributed by atoms with Crippen LogP contribution in [0.1, 0.15) is 10.5 Å². The number of rotatable bonds is 2. The number of hydrogen-bond donors (Lipinski definition) is 2. The first-order valence-electron chi connectivity index (χ1n) is 4.41. The Morgan fingerprint density at radius 3 is 2.88 bits per heavy atom. The van der Waals surface area contributed by atoms with Crippen molar-refractivity contribution in [3.63, 3.8) is 0 Å². The second-order valence-electron chi connectivity index (χ2n) is 3.03. The van der Waals surface area contributed by atoms with Crippen molar-refractivity contribution < 1.29 is 4.79 Å². The summed E-state index contributed by atoms with van der Waals surface area (Å²) in [6, 6.07) is 0. The highest BCUT2D eigenvalue weighted by Crippen LogP contribution is 2.09. The number of hydrogen-bond acceptors (Lipinski definition) is 6. The smallest absolute Gasteiger partial charge is 0.280 e. The van der Waals surface area contributed by atoms with Gasteiger partial charge in [0.05, 0.1) is 18.1 Å². The number of aromatic nitrogens is 5. The molecule has 0 spiro atoms. The molecule has 2 rings (SSSR count). The lowest BCUT2D eigenvalue weighted by atomic mass is 10.3. The molecule has 2 heterocycles. The molecule has 3 N–H and O–H groups in total. The Morgan fingerprint density at radius 2 is 2.31 bits per heavy atom. The van der Waals surface area contributed by atoms with Gasteiger partial charge in [0.1, 0.15) is 0 Å². The second kappa shape index (κ2) is 3.93. The molecule has 16 heavy (non-hydrogen) atoms. The quantitative estimate of drug-likeness (QED) is 0.700. The fraction of sp³-hybridized carbons (Fsp3) is 0.125. The van der Waals surface area contributed by atoms with Gasteiger partial charge in [0, 0.05) is 13.2 Å². The predicted molar refractivity (Wildman–Crippen MR) is 55.4 cm³/mol. The average molecular weight is 219 g/mol. The van der Waals surface area contributed by atoms with Crippen LogP contribution in [0.5, 0.6) is 0 Å². The van der Waals surface area contributed by atoms with Gasteiger partial charge in [-0.25, -0.2) is 4.98 Å². The van der Waals surface area contributed by atoms with Gasteiger partial charge in [-0.1, -0.05) is 0 Å². The van der Waals surface area contributed by atoms with Gasteiger partial charge < -0.3 is 5.73 Å². The third-order valence-corrected chi connectivity index (χ3v) is 1.78. The summed E-state index contributed by atoms with van der Waals surface area (Å²) in [6.45, 7) is 0. The molecule has 1 amide bonds. The Labute approximate surface area is 90.5 Å². The molecule has 2 aromatic heterocycles. The number of nitrogens with zero attached hydrogens (tertiary/aromatic N) is 5. The number of anilines is 2. The number of nitrogens with one attached hydrogen (secondary N) is 1. The predicted octanol–water partition coefficient (Wildman–Crippen LogP) is -0.560. The Balaban J connectivity index is 2.18. The Kier molecular flexibility index (Phi) is 2.46. The van der Waals surface area contributed by atoms with Crippen LogP contribution in [0, 0.1) is 0 Å². The van der Waals surface area contributed by atoms with Gasteiger partial charge in [-0.05, 0) is 0 Å². The zero-order valence-electron chi connectivity index (χ0n) is 8.45. The molecule has 0 saturated heterocycles. The van der Waals surface area contributed by atoms with E-state index in [9.17, 15) is 4.79 Å². The lowest BCUT2D eigenvalue weighted by Gasteiger charge is -1.99. The summed E-state index contributed by atoms with van der Waals surface area (Å²) in [5, 5.41) is 13.5. The molecule has 0 aliphatic heterocycles. The topological polar surface area (TPSA) is 112 Å². The molecule has 8 heteroatoms. The maximum atomic E-state index is 11.7. The minimum absolute atomic E-state index is 0.109. The first-order valence-corrected chi connectivity index (χ1v) is 4.41. The van der Waals surface area contributed by atoms with E-state index in [4.69, 9.17) is 5.73 Å². The highest BCUT2D eigenvalue weighted by Gasteiger charge is 2.14. The first-order chi connectivity index (χ1) is 7.66. The maximum absolute atomic E-state index is 11.7. The molecular formula is C8H9N7O. The van der Waals surface area contributed by atoms with E-state index < -0.39 is 5.91 Å². The summed E-state index contributed by atoms with van der Waals surface area (Å²) in [6.07, 6.45) is 4.37. The van der Waals surface area contributed by atoms with Gasteiger partial charge in [0.2, 0.25) is 5.95 Å². The van der Waals surface area contributed by atoms with Crippen LogP contribution in [-0.2, 0) is 7.05 Å². The fourth-order valence-corrected chi connectivity index (χ4v) is 1.15. The minimum Gasteiger partial charge on any atom is -0.396 e. The number of nitrogens with two attached hydrogens (primary N) is 1. The summed E-state index contributed by atoms with van der Waals surface area (Å²) < 4.78 is 1.45. The molecule has 0 aliphatic carbocycles. The zero-order valence-corrected chi connectivity index (χ0v) is 8.45. The monoisotopic (exact) mass is 219 g/mol. The van der Waals surface area contributed by atoms with Crippen molar-refractivity contribution in [2.45, 2.75) is 0 Å². The number of carbonyl (C=O) groups excluding carboxylic acids is 1. The van der Waals surface area contributed by atoms with E-state index in [1.807, 2.05) is 0 Å². The molecular weight excluding hydrogens is 210 g/mol. The van der Waals surface area contributed by atoms with E-state index in [1.165, 1.54) is 17.1 Å². The summed E-state index contributed by atoms with van der Waals surface area (Å²) in [7, 11) is 1.67. The van der Waals surface area contributed by atoms with Gasteiger partial charge in [0.15, 0.2) is 5.69 Å². The Bertz CT molecular complexity index is 506. The molecule has 0 aromatic carbocycles. The van der Waals surface area contributed by atoms with E-state index in [0.29, 0.717) is 5.69 Å². The van der Waals surface area contributed by atoms with Crippen LogP contribution in [-0.4, -0.2) is 30.9 Å². The molecule has 0 radical (unpaired) electrons. The molecule has 0 saturated carbocycles. The molecule has 82 valence electrons. The van der Waals surface area contributed by atoms with Crippen molar-refractivity contribution in [3.05, 3.63) is 24.3 Å². The lowest BCUT2D eigenvalue weighted by Crippen LogP contribution is -2.16. The molecule has 0 aliphatic rings. The Morgan fingerprint density at radius 1 is 1.50 bits per heavy atom. The molecule has 0 bridgehead atoms. The summed E-state index contributed by atoms with van der Waals surface area (Å²) in [5.74, 6) is -0.358. The summed E-state index contributed by atoms with van der Waals surface area (Å²) >= 11 is 0. The second-order valence-corrected chi connectivity index (χ2v) is 3.03. The van der Waals surface area contributed by atoms with Gasteiger partial charge >= 0.3 is 0 Å². The van der Waals surface area contributed by atoms with E-state index in [2.05, 4.69) is 25.6 Å². The van der Waals surface area contributed by atoms with Crippen molar-refractivity contribution in [1.82, 2.24) is 25.0 Å². The molecule has 0 unspecified atom stereocenters. The average Bonchev–Trinajstić information content (AvgIpc) is 2.59. The third-order valence-electron chi connectivity index (χ3n) is 1.78. The standard InChI is InChI=1S/C8H9N7O/c1-15-4-5(9)6(14-15)7(16)12-8-10-2-3-11-13-8/h2-4H,9H2,1H3,(H,10,12,13,16). The van der Waals surface area contributed by atoms with E-state index in [-0.39, 0.29) is 11.6 Å². The Hall–Kier alpha value is -2.51. The van der Waals surface area contributed by atoms with Gasteiger partial charge in [0.25, 0.3) is 5.91 Å². The minimum atomic E-state index is -0.467. The van der Waals surface area contributed by atoms with Crippen molar-refractivity contribution >= 4 is 17.5 Å². The molecule has 0 atom stereocenters. The van der Waals surface area contributed by atoms with Gasteiger partial charge in [-0.3, -0.25) is 14.8 Å². The van der Waals surface area contributed by atoms with Crippen molar-refractivity contribution in [3.8, 4) is 0 Å². The number of carbonyl (C=O) groups is 1. The normalized spacial score (nSPS) is 10.1. The third kappa shape index (κ3) is 1.95. The van der Waals surface area contributed by atoms with Crippen molar-refractivity contribution in [1.29, 1.82) is 0 Å². The SMILES string of the molecule is Cn1cc(N)c(C(=O)Nc2nccnn2)n1. The van der Waals surface area contributed by atoms with Crippen LogP contribution < -0.4 is 11.1 Å². The number of nitrogen functional groups attached to an aromatic ring is 1. The zero-order chi connectivity index (χ0) is 11.5. The van der Waals surface area contributed by atoms with Crippen LogP contribution >= 0.6 is 0 Å². The van der Waals surface area contributed by atoms with Crippen LogP contribution in [0.3, 0.4) is 0 Å². The highest BCUT2D eigenvalue weighted by molar-refractivity contribution is 6.05. The van der Waals surface area contributed by atoms with E-state index in [1.54, 1.807) is 13.2 Å². The maximum Gasteiger partial charge on any atom is 0.280 e. The van der Waals surface area contributed by atoms with E-state index >= 15 is 0 Å². The summed E-state index contributed by atoms with van der Waals surface area (Å²) in [5.41, 5.74) is 6.02. The number of amides is 1. The lowest BCUT2D eigenvalue weighted by molar-refractivity contribution is 0.102. The molecule has 2 aromatic rings. The molecule has 0 fully saturated rings. The highest BCUT2D eigenvalue weighted by atomic mass is 16.2. The van der Waals surface area contributed by atoms with Crippen LogP contribution in [0.15, 0.2) is 18.6 Å². The van der Waals surface area contributed by atoms with Crippen LogP contribution in [0.4, 0.5) is 11.6 Å². The van der Waals surface area contributed by atoms with Gasteiger partial charge in [-0.15, -0.1) is 5.10 Å². The van der Waals surface area contributed by atoms with Gasteiger partial charge in [-0.2, -0.15) is 10.2 Å². The van der Waals surface area contributed by atoms with Crippen LogP contribution in [0.2, 0.25) is 0 Å². The van der Waals surface area contributed by atoms with Crippen molar-refractivity contribution in [2.24, 2.45) is 7.05 Å². The number of aryl methyl sites for hydroxylation is 1. The fourth-order valence-electron chi connectivity index (χ4n) is 1.15. The summed E-state index contributed by atoms with van der Waals surface area (Å²) in [4.78, 5) is 15.5. The molecule has 8 nitrogen and oxygen atoms in total. The van der Waals surface area contributed by atoms with Crippen LogP contribution in [0.25, 0.3) is 0 Å². The van der Waals surface area contributed by atoms with Crippen molar-refractivity contribution in [2.75, 3.05) is 11.1 Å². The first kappa shape index (κ1) is 10.0.